The van der Waals surface area contributed by atoms with E-state index >= 15 is 0 Å². The third kappa shape index (κ3) is 20.9. The minimum atomic E-state index is -3.95. The average molecular weight is 435 g/mol. The van der Waals surface area contributed by atoms with Crippen molar-refractivity contribution < 1.29 is 18.1 Å². The van der Waals surface area contributed by atoms with Gasteiger partial charge in [-0.3, -0.25) is 4.55 Å². The Bertz CT molecular complexity index is 423. The summed E-state index contributed by atoms with van der Waals surface area (Å²) in [7, 11) is -3.95. The Morgan fingerprint density at radius 1 is 0.552 bits per heavy atom. The molecule has 0 fully saturated rings. The van der Waals surface area contributed by atoms with Gasteiger partial charge in [-0.05, 0) is 25.7 Å². The van der Waals surface area contributed by atoms with Gasteiger partial charge in [0.2, 0.25) is 0 Å². The largest absolute Gasteiger partial charge is 0.396 e. The fourth-order valence-corrected chi connectivity index (χ4v) is 4.95. The highest BCUT2D eigenvalue weighted by molar-refractivity contribution is 7.86. The Kier molecular flexibility index (Phi) is 21.0. The van der Waals surface area contributed by atoms with E-state index in [1.54, 1.807) is 0 Å². The molecule has 5 heteroatoms. The lowest BCUT2D eigenvalue weighted by atomic mass is 10.0. The number of aliphatic hydroxyl groups excluding tert-OH is 1. The molecular formula is C24H50O4S. The molecule has 0 aliphatic heterocycles. The van der Waals surface area contributed by atoms with Crippen LogP contribution in [-0.2, 0) is 10.1 Å². The number of aliphatic hydroxyl groups is 1. The van der Waals surface area contributed by atoms with E-state index in [2.05, 4.69) is 6.92 Å². The molecule has 1 unspecified atom stereocenters. The van der Waals surface area contributed by atoms with Crippen LogP contribution in [0.25, 0.3) is 0 Å². The van der Waals surface area contributed by atoms with E-state index in [4.69, 9.17) is 5.11 Å². The van der Waals surface area contributed by atoms with Crippen molar-refractivity contribution >= 4 is 10.1 Å². The van der Waals surface area contributed by atoms with Crippen molar-refractivity contribution in [2.45, 2.75) is 147 Å². The van der Waals surface area contributed by atoms with Gasteiger partial charge in [-0.2, -0.15) is 8.42 Å². The van der Waals surface area contributed by atoms with Crippen LogP contribution in [0.5, 0.6) is 0 Å². The second-order valence-electron chi connectivity index (χ2n) is 8.80. The monoisotopic (exact) mass is 434 g/mol. The fraction of sp³-hybridized carbons (Fsp3) is 1.00. The van der Waals surface area contributed by atoms with Crippen LogP contribution in [0.3, 0.4) is 0 Å². The third-order valence-electron chi connectivity index (χ3n) is 5.99. The molecule has 0 radical (unpaired) electrons. The molecule has 176 valence electrons. The minimum Gasteiger partial charge on any atom is -0.396 e. The Morgan fingerprint density at radius 2 is 0.862 bits per heavy atom. The lowest BCUT2D eigenvalue weighted by Gasteiger charge is -2.13. The molecule has 0 heterocycles. The zero-order valence-corrected chi connectivity index (χ0v) is 20.1. The van der Waals surface area contributed by atoms with Gasteiger partial charge in [0.15, 0.2) is 0 Å². The van der Waals surface area contributed by atoms with E-state index in [-0.39, 0.29) is 6.61 Å². The first kappa shape index (κ1) is 28.9. The molecule has 0 saturated carbocycles. The van der Waals surface area contributed by atoms with Gasteiger partial charge in [0.1, 0.15) is 0 Å². The molecular weight excluding hydrogens is 384 g/mol. The zero-order chi connectivity index (χ0) is 21.6. The molecule has 0 spiro atoms. The maximum atomic E-state index is 11.4. The predicted molar refractivity (Wildman–Crippen MR) is 125 cm³/mol. The van der Waals surface area contributed by atoms with Crippen molar-refractivity contribution in [3.05, 3.63) is 0 Å². The topological polar surface area (TPSA) is 74.6 Å². The van der Waals surface area contributed by atoms with Gasteiger partial charge in [-0.25, -0.2) is 0 Å². The molecule has 0 rings (SSSR count). The van der Waals surface area contributed by atoms with Crippen LogP contribution in [0.4, 0.5) is 0 Å². The van der Waals surface area contributed by atoms with E-state index in [9.17, 15) is 13.0 Å². The Labute approximate surface area is 182 Å². The van der Waals surface area contributed by atoms with Crippen molar-refractivity contribution in [2.24, 2.45) is 0 Å². The molecule has 0 amide bonds. The molecule has 4 nitrogen and oxygen atoms in total. The molecule has 1 atom stereocenters. The quantitative estimate of drug-likeness (QED) is 0.129. The summed E-state index contributed by atoms with van der Waals surface area (Å²) in [6.07, 6.45) is 24.5. The van der Waals surface area contributed by atoms with Crippen LogP contribution in [-0.4, -0.2) is 29.9 Å². The summed E-state index contributed by atoms with van der Waals surface area (Å²) >= 11 is 0. The summed E-state index contributed by atoms with van der Waals surface area (Å²) in [6, 6.07) is 0. The highest BCUT2D eigenvalue weighted by atomic mass is 32.2. The molecule has 0 saturated heterocycles. The van der Waals surface area contributed by atoms with Crippen LogP contribution in [0, 0.1) is 0 Å². The fourth-order valence-electron chi connectivity index (χ4n) is 4.02. The molecule has 2 N–H and O–H groups in total. The zero-order valence-electron chi connectivity index (χ0n) is 19.3. The van der Waals surface area contributed by atoms with Crippen molar-refractivity contribution in [3.8, 4) is 0 Å². The van der Waals surface area contributed by atoms with E-state index < -0.39 is 15.4 Å². The van der Waals surface area contributed by atoms with Gasteiger partial charge < -0.3 is 5.11 Å². The summed E-state index contributed by atoms with van der Waals surface area (Å²) in [6.45, 7) is 2.35. The maximum Gasteiger partial charge on any atom is 0.267 e. The molecule has 0 aromatic carbocycles. The van der Waals surface area contributed by atoms with Crippen molar-refractivity contribution in [2.75, 3.05) is 6.61 Å². The SMILES string of the molecule is CCCCCCCCCCCCCCCCCCCC(CCCCO)S(=O)(=O)O. The lowest BCUT2D eigenvalue weighted by Crippen LogP contribution is -2.20. The van der Waals surface area contributed by atoms with Gasteiger partial charge in [-0.1, -0.05) is 116 Å². The van der Waals surface area contributed by atoms with Crippen molar-refractivity contribution in [3.63, 3.8) is 0 Å². The Morgan fingerprint density at radius 3 is 1.17 bits per heavy atom. The second kappa shape index (κ2) is 21.1. The highest BCUT2D eigenvalue weighted by Gasteiger charge is 2.21. The van der Waals surface area contributed by atoms with Crippen LogP contribution in [0.2, 0.25) is 0 Å². The predicted octanol–water partition coefficient (Wildman–Crippen LogP) is 7.45. The van der Waals surface area contributed by atoms with Gasteiger partial charge >= 0.3 is 0 Å². The summed E-state index contributed by atoms with van der Waals surface area (Å²) < 4.78 is 32.2. The number of hydrogen-bond acceptors (Lipinski definition) is 3. The van der Waals surface area contributed by atoms with E-state index in [1.807, 2.05) is 0 Å². The van der Waals surface area contributed by atoms with E-state index in [1.165, 1.54) is 89.9 Å². The first-order chi connectivity index (χ1) is 14.0. The molecule has 0 aliphatic carbocycles. The summed E-state index contributed by atoms with van der Waals surface area (Å²) in [5, 5.41) is 8.15. The molecule has 0 bridgehead atoms. The summed E-state index contributed by atoms with van der Waals surface area (Å²) in [5.41, 5.74) is 0. The van der Waals surface area contributed by atoms with Gasteiger partial charge in [0.25, 0.3) is 10.1 Å². The lowest BCUT2D eigenvalue weighted by molar-refractivity contribution is 0.281. The smallest absolute Gasteiger partial charge is 0.267 e. The van der Waals surface area contributed by atoms with Crippen LogP contribution >= 0.6 is 0 Å². The summed E-state index contributed by atoms with van der Waals surface area (Å²) in [4.78, 5) is 0. The van der Waals surface area contributed by atoms with Crippen molar-refractivity contribution in [1.29, 1.82) is 0 Å². The van der Waals surface area contributed by atoms with Crippen LogP contribution < -0.4 is 0 Å². The highest BCUT2D eigenvalue weighted by Crippen LogP contribution is 2.18. The summed E-state index contributed by atoms with van der Waals surface area (Å²) in [5.74, 6) is 0. The number of rotatable bonds is 23. The van der Waals surface area contributed by atoms with Gasteiger partial charge in [0.05, 0.1) is 5.25 Å². The van der Waals surface area contributed by atoms with Crippen LogP contribution in [0.1, 0.15) is 142 Å². The first-order valence-corrected chi connectivity index (χ1v) is 14.1. The van der Waals surface area contributed by atoms with E-state index in [0.29, 0.717) is 25.7 Å². The molecule has 0 aromatic heterocycles. The molecule has 0 aromatic rings. The second-order valence-corrected chi connectivity index (χ2v) is 10.5. The Balaban J connectivity index is 3.37. The number of unbranched alkanes of at least 4 members (excludes halogenated alkanes) is 17. The minimum absolute atomic E-state index is 0.0807. The van der Waals surface area contributed by atoms with E-state index in [0.717, 1.165) is 19.3 Å². The maximum absolute atomic E-state index is 11.4. The number of hydrogen-bond donors (Lipinski definition) is 2. The van der Waals surface area contributed by atoms with Gasteiger partial charge in [-0.15, -0.1) is 0 Å². The molecule has 29 heavy (non-hydrogen) atoms. The van der Waals surface area contributed by atoms with Gasteiger partial charge in [0, 0.05) is 6.61 Å². The molecule has 0 aliphatic rings. The average Bonchev–Trinajstić information content (AvgIpc) is 2.68. The normalized spacial score (nSPS) is 13.1. The third-order valence-corrected chi connectivity index (χ3v) is 7.30. The Hall–Kier alpha value is -0.130. The first-order valence-electron chi connectivity index (χ1n) is 12.6. The van der Waals surface area contributed by atoms with Crippen molar-refractivity contribution in [1.82, 2.24) is 0 Å². The van der Waals surface area contributed by atoms with Crippen LogP contribution in [0.15, 0.2) is 0 Å². The standard InChI is InChI=1S/C24H50O4S/c1-2-3-4-5-6-7-8-9-10-11-12-13-14-15-16-17-18-21-24(29(26,27)28)22-19-20-23-25/h24-25H,2-23H2,1H3,(H,26,27,28).